The van der Waals surface area contributed by atoms with E-state index in [1.54, 1.807) is 6.20 Å². The van der Waals surface area contributed by atoms with Crippen molar-refractivity contribution in [3.05, 3.63) is 22.8 Å². The van der Waals surface area contributed by atoms with Crippen molar-refractivity contribution in [3.8, 4) is 0 Å². The van der Waals surface area contributed by atoms with Crippen molar-refractivity contribution in [1.29, 1.82) is 0 Å². The smallest absolute Gasteiger partial charge is 0.128 e. The van der Waals surface area contributed by atoms with Gasteiger partial charge in [0.1, 0.15) is 5.82 Å². The molecule has 1 rings (SSSR count). The van der Waals surface area contributed by atoms with Crippen LogP contribution in [0.4, 0.5) is 5.82 Å². The molecule has 0 unspecified atom stereocenters. The molecule has 0 spiro atoms. The molecule has 102 valence electrons. The van der Waals surface area contributed by atoms with Crippen LogP contribution >= 0.6 is 11.6 Å². The Kier molecular flexibility index (Phi) is 7.06. The minimum absolute atomic E-state index is 0.742. The monoisotopic (exact) mass is 269 g/mol. The van der Waals surface area contributed by atoms with E-state index in [2.05, 4.69) is 42.0 Å². The summed E-state index contributed by atoms with van der Waals surface area (Å²) >= 11 is 6.16. The molecule has 18 heavy (non-hydrogen) atoms. The first-order valence-corrected chi connectivity index (χ1v) is 7.20. The van der Waals surface area contributed by atoms with Gasteiger partial charge in [0.05, 0.1) is 5.02 Å². The number of anilines is 1. The minimum atomic E-state index is 0.742. The normalized spacial score (nSPS) is 10.7. The van der Waals surface area contributed by atoms with Gasteiger partial charge < -0.3 is 10.2 Å². The molecule has 0 saturated heterocycles. The molecule has 0 amide bonds. The van der Waals surface area contributed by atoms with E-state index in [9.17, 15) is 0 Å². The van der Waals surface area contributed by atoms with E-state index in [1.165, 1.54) is 12.8 Å². The maximum Gasteiger partial charge on any atom is 0.128 e. The van der Waals surface area contributed by atoms with Gasteiger partial charge in [-0.3, -0.25) is 0 Å². The third-order valence-corrected chi connectivity index (χ3v) is 3.31. The van der Waals surface area contributed by atoms with Crippen molar-refractivity contribution < 1.29 is 0 Å². The zero-order valence-corrected chi connectivity index (χ0v) is 12.4. The van der Waals surface area contributed by atoms with Gasteiger partial charge in [-0.25, -0.2) is 4.98 Å². The van der Waals surface area contributed by atoms with E-state index in [-0.39, 0.29) is 0 Å². The average molecular weight is 270 g/mol. The molecule has 0 aliphatic carbocycles. The van der Waals surface area contributed by atoms with Gasteiger partial charge >= 0.3 is 0 Å². The number of pyridine rings is 1. The highest BCUT2D eigenvalue weighted by Gasteiger charge is 2.08. The lowest BCUT2D eigenvalue weighted by Crippen LogP contribution is -2.25. The summed E-state index contributed by atoms with van der Waals surface area (Å²) in [7, 11) is 0. The zero-order valence-electron chi connectivity index (χ0n) is 11.7. The summed E-state index contributed by atoms with van der Waals surface area (Å²) in [4.78, 5) is 6.74. The second kappa shape index (κ2) is 8.33. The highest BCUT2D eigenvalue weighted by atomic mass is 35.5. The number of unbranched alkanes of at least 4 members (excludes halogenated alkanes) is 1. The van der Waals surface area contributed by atoms with E-state index in [0.717, 1.165) is 42.6 Å². The Hall–Kier alpha value is -0.800. The second-order valence-electron chi connectivity index (χ2n) is 4.35. The molecule has 3 nitrogen and oxygen atoms in total. The topological polar surface area (TPSA) is 28.2 Å². The van der Waals surface area contributed by atoms with Crippen LogP contribution in [0.2, 0.25) is 5.02 Å². The molecule has 0 saturated carbocycles. The highest BCUT2D eigenvalue weighted by molar-refractivity contribution is 6.31. The summed E-state index contributed by atoms with van der Waals surface area (Å²) in [6.45, 7) is 10.3. The van der Waals surface area contributed by atoms with Crippen molar-refractivity contribution in [3.63, 3.8) is 0 Å². The van der Waals surface area contributed by atoms with E-state index in [0.29, 0.717) is 0 Å². The van der Waals surface area contributed by atoms with Gasteiger partial charge in [0.25, 0.3) is 0 Å². The summed E-state index contributed by atoms with van der Waals surface area (Å²) in [6, 6.07) is 2.10. The van der Waals surface area contributed by atoms with Crippen molar-refractivity contribution in [2.45, 2.75) is 40.2 Å². The van der Waals surface area contributed by atoms with Crippen LogP contribution in [0.5, 0.6) is 0 Å². The number of nitrogens with one attached hydrogen (secondary N) is 1. The van der Waals surface area contributed by atoms with Gasteiger partial charge in [0.15, 0.2) is 0 Å². The molecule has 0 atom stereocenters. The van der Waals surface area contributed by atoms with Gasteiger partial charge in [-0.15, -0.1) is 0 Å². The molecule has 0 aromatic carbocycles. The molecule has 1 aromatic heterocycles. The fourth-order valence-corrected chi connectivity index (χ4v) is 1.99. The maximum absolute atomic E-state index is 6.16. The predicted molar refractivity (Wildman–Crippen MR) is 79.4 cm³/mol. The van der Waals surface area contributed by atoms with Gasteiger partial charge in [-0.05, 0) is 31.5 Å². The first kappa shape index (κ1) is 15.3. The zero-order chi connectivity index (χ0) is 13.4. The fraction of sp³-hybridized carbons (Fsp3) is 0.643. The summed E-state index contributed by atoms with van der Waals surface area (Å²) < 4.78 is 0. The van der Waals surface area contributed by atoms with Gasteiger partial charge in [0.2, 0.25) is 0 Å². The summed E-state index contributed by atoms with van der Waals surface area (Å²) in [5, 5.41) is 4.04. The molecule has 1 N–H and O–H groups in total. The highest BCUT2D eigenvalue weighted by Crippen LogP contribution is 2.20. The van der Waals surface area contributed by atoms with Crippen LogP contribution in [0, 0.1) is 0 Å². The maximum atomic E-state index is 6.16. The summed E-state index contributed by atoms with van der Waals surface area (Å²) in [5.74, 6) is 1.03. The minimum Gasteiger partial charge on any atom is -0.357 e. The van der Waals surface area contributed by atoms with Crippen LogP contribution in [-0.2, 0) is 6.54 Å². The van der Waals surface area contributed by atoms with E-state index < -0.39 is 0 Å². The number of aromatic nitrogens is 1. The van der Waals surface area contributed by atoms with Crippen molar-refractivity contribution in [1.82, 2.24) is 10.3 Å². The molecule has 0 bridgehead atoms. The molecule has 4 heteroatoms. The average Bonchev–Trinajstić information content (AvgIpc) is 2.39. The standard InChI is InChI=1S/C14H24ClN3/c1-4-7-8-18(6-3)14-9-12(10-16-5-2)13(15)11-17-14/h9,11,16H,4-8,10H2,1-3H3. The van der Waals surface area contributed by atoms with Crippen LogP contribution in [0.25, 0.3) is 0 Å². The van der Waals surface area contributed by atoms with E-state index >= 15 is 0 Å². The fourth-order valence-electron chi connectivity index (χ4n) is 1.82. The quantitative estimate of drug-likeness (QED) is 0.783. The molecule has 1 aromatic rings. The van der Waals surface area contributed by atoms with Crippen LogP contribution in [0.15, 0.2) is 12.3 Å². The van der Waals surface area contributed by atoms with Crippen molar-refractivity contribution >= 4 is 17.4 Å². The number of rotatable bonds is 8. The largest absolute Gasteiger partial charge is 0.357 e. The van der Waals surface area contributed by atoms with E-state index in [1.807, 2.05) is 0 Å². The molecule has 0 fully saturated rings. The van der Waals surface area contributed by atoms with Crippen molar-refractivity contribution in [2.24, 2.45) is 0 Å². The Labute approximate surface area is 116 Å². The van der Waals surface area contributed by atoms with Crippen LogP contribution in [0.1, 0.15) is 39.2 Å². The Balaban J connectivity index is 2.80. The molecule has 0 radical (unpaired) electrons. The lowest BCUT2D eigenvalue weighted by Gasteiger charge is -2.22. The third-order valence-electron chi connectivity index (χ3n) is 2.97. The van der Waals surface area contributed by atoms with Crippen LogP contribution < -0.4 is 10.2 Å². The van der Waals surface area contributed by atoms with Gasteiger partial charge in [0, 0.05) is 25.8 Å². The molecular weight excluding hydrogens is 246 g/mol. The van der Waals surface area contributed by atoms with Crippen LogP contribution in [0.3, 0.4) is 0 Å². The molecule has 1 heterocycles. The predicted octanol–water partition coefficient (Wildman–Crippen LogP) is 3.47. The number of hydrogen-bond acceptors (Lipinski definition) is 3. The summed E-state index contributed by atoms with van der Waals surface area (Å²) in [5.41, 5.74) is 1.12. The Morgan fingerprint density at radius 1 is 1.33 bits per heavy atom. The summed E-state index contributed by atoms with van der Waals surface area (Å²) in [6.07, 6.45) is 4.16. The lowest BCUT2D eigenvalue weighted by atomic mass is 10.2. The molecular formula is C14H24ClN3. The van der Waals surface area contributed by atoms with Gasteiger partial charge in [-0.1, -0.05) is 31.9 Å². The molecule has 0 aliphatic heterocycles. The van der Waals surface area contributed by atoms with Crippen molar-refractivity contribution in [2.75, 3.05) is 24.5 Å². The SMILES string of the molecule is CCCCN(CC)c1cc(CNCC)c(Cl)cn1. The Morgan fingerprint density at radius 2 is 2.11 bits per heavy atom. The lowest BCUT2D eigenvalue weighted by molar-refractivity contribution is 0.713. The van der Waals surface area contributed by atoms with Crippen LogP contribution in [-0.4, -0.2) is 24.6 Å². The van der Waals surface area contributed by atoms with Gasteiger partial charge in [-0.2, -0.15) is 0 Å². The molecule has 0 aliphatic rings. The van der Waals surface area contributed by atoms with E-state index in [4.69, 9.17) is 11.6 Å². The first-order valence-electron chi connectivity index (χ1n) is 6.82. The third kappa shape index (κ3) is 4.46. The number of hydrogen-bond donors (Lipinski definition) is 1. The number of nitrogens with zero attached hydrogens (tertiary/aromatic N) is 2. The second-order valence-corrected chi connectivity index (χ2v) is 4.75. The number of halogens is 1. The Morgan fingerprint density at radius 3 is 2.72 bits per heavy atom. The Bertz CT molecular complexity index is 355. The first-order chi connectivity index (χ1) is 8.72.